The molecule has 0 aliphatic carbocycles. The van der Waals surface area contributed by atoms with Gasteiger partial charge in [0.05, 0.1) is 11.1 Å². The molecule has 0 bridgehead atoms. The summed E-state index contributed by atoms with van der Waals surface area (Å²) in [5.41, 5.74) is 0.248. The van der Waals surface area contributed by atoms with Crippen LogP contribution in [0.15, 0.2) is 17.1 Å². The Morgan fingerprint density at radius 2 is 2.20 bits per heavy atom. The van der Waals surface area contributed by atoms with E-state index in [9.17, 15) is 14.9 Å². The summed E-state index contributed by atoms with van der Waals surface area (Å²) < 4.78 is 1.41. The summed E-state index contributed by atoms with van der Waals surface area (Å²) in [5, 5.41) is 10.6. The fourth-order valence-electron chi connectivity index (χ4n) is 1.36. The average Bonchev–Trinajstić information content (AvgIpc) is 2.19. The van der Waals surface area contributed by atoms with E-state index < -0.39 is 4.92 Å². The Labute approximate surface area is 87.5 Å². The second-order valence-electron chi connectivity index (χ2n) is 3.49. The van der Waals surface area contributed by atoms with Crippen LogP contribution >= 0.6 is 0 Å². The van der Waals surface area contributed by atoms with Crippen molar-refractivity contribution in [1.82, 2.24) is 4.57 Å². The number of nitrogens with zero attached hydrogens (tertiary/aromatic N) is 2. The molecule has 1 aromatic rings. The molecule has 15 heavy (non-hydrogen) atoms. The van der Waals surface area contributed by atoms with Crippen LogP contribution in [0.1, 0.15) is 25.3 Å². The summed E-state index contributed by atoms with van der Waals surface area (Å²) >= 11 is 0. The minimum Gasteiger partial charge on any atom is -0.309 e. The molecule has 0 N–H and O–H groups in total. The predicted octanol–water partition coefficient (Wildman–Crippen LogP) is 1.87. The molecule has 0 saturated carbocycles. The van der Waals surface area contributed by atoms with Gasteiger partial charge in [0.15, 0.2) is 0 Å². The van der Waals surface area contributed by atoms with Gasteiger partial charge in [-0.3, -0.25) is 14.9 Å². The van der Waals surface area contributed by atoms with Crippen LogP contribution in [0.5, 0.6) is 0 Å². The maximum Gasteiger partial charge on any atom is 0.286 e. The Hall–Kier alpha value is -1.65. The number of aryl methyl sites for hydroxylation is 2. The van der Waals surface area contributed by atoms with Crippen molar-refractivity contribution in [1.29, 1.82) is 0 Å². The molecule has 0 radical (unpaired) electrons. The standard InChI is InChI=1S/C10H14N2O3/c1-3-4-5-11-7-9(12(14)15)6-8(2)10(11)13/h6-7H,3-5H2,1-2H3. The molecule has 5 heteroatoms. The molecular formula is C10H14N2O3. The molecule has 5 nitrogen and oxygen atoms in total. The van der Waals surface area contributed by atoms with Gasteiger partial charge in [0.25, 0.3) is 11.2 Å². The van der Waals surface area contributed by atoms with E-state index in [1.807, 2.05) is 6.92 Å². The van der Waals surface area contributed by atoms with Crippen molar-refractivity contribution in [3.05, 3.63) is 38.3 Å². The number of unbranched alkanes of at least 4 members (excludes halogenated alkanes) is 1. The molecule has 0 amide bonds. The highest BCUT2D eigenvalue weighted by Crippen LogP contribution is 2.09. The molecule has 0 saturated heterocycles. The lowest BCUT2D eigenvalue weighted by molar-refractivity contribution is -0.385. The molecule has 0 atom stereocenters. The lowest BCUT2D eigenvalue weighted by Crippen LogP contribution is -2.22. The fourth-order valence-corrected chi connectivity index (χ4v) is 1.36. The number of pyridine rings is 1. The molecule has 82 valence electrons. The topological polar surface area (TPSA) is 65.1 Å². The van der Waals surface area contributed by atoms with Crippen molar-refractivity contribution in [3.63, 3.8) is 0 Å². The number of hydrogen-bond acceptors (Lipinski definition) is 3. The summed E-state index contributed by atoms with van der Waals surface area (Å²) in [4.78, 5) is 21.7. The minimum atomic E-state index is -0.477. The first-order valence-corrected chi connectivity index (χ1v) is 4.91. The number of nitro groups is 1. The normalized spacial score (nSPS) is 10.3. The zero-order valence-electron chi connectivity index (χ0n) is 8.90. The first-order valence-electron chi connectivity index (χ1n) is 4.91. The molecule has 0 spiro atoms. The van der Waals surface area contributed by atoms with E-state index in [0.717, 1.165) is 12.8 Å². The van der Waals surface area contributed by atoms with Crippen LogP contribution in [0.4, 0.5) is 5.69 Å². The highest BCUT2D eigenvalue weighted by Gasteiger charge is 2.10. The van der Waals surface area contributed by atoms with Crippen LogP contribution in [0.25, 0.3) is 0 Å². The van der Waals surface area contributed by atoms with Crippen LogP contribution in [0, 0.1) is 17.0 Å². The van der Waals surface area contributed by atoms with Gasteiger partial charge in [0.2, 0.25) is 0 Å². The third-order valence-corrected chi connectivity index (χ3v) is 2.21. The molecular weight excluding hydrogens is 196 g/mol. The Morgan fingerprint density at radius 1 is 1.53 bits per heavy atom. The summed E-state index contributed by atoms with van der Waals surface area (Å²) in [6.45, 7) is 4.14. The van der Waals surface area contributed by atoms with Gasteiger partial charge in [-0.25, -0.2) is 0 Å². The summed E-state index contributed by atoms with van der Waals surface area (Å²) in [6.07, 6.45) is 3.11. The summed E-state index contributed by atoms with van der Waals surface area (Å²) in [5.74, 6) is 0. The molecule has 0 unspecified atom stereocenters. The van der Waals surface area contributed by atoms with Crippen LogP contribution in [-0.2, 0) is 6.54 Å². The van der Waals surface area contributed by atoms with Crippen LogP contribution in [0.2, 0.25) is 0 Å². The van der Waals surface area contributed by atoms with Crippen LogP contribution in [-0.4, -0.2) is 9.49 Å². The van der Waals surface area contributed by atoms with E-state index in [4.69, 9.17) is 0 Å². The second kappa shape index (κ2) is 4.72. The Kier molecular flexibility index (Phi) is 3.60. The lowest BCUT2D eigenvalue weighted by atomic mass is 10.2. The first-order chi connectivity index (χ1) is 7.06. The zero-order valence-corrected chi connectivity index (χ0v) is 8.90. The van der Waals surface area contributed by atoms with Gasteiger partial charge >= 0.3 is 0 Å². The van der Waals surface area contributed by atoms with Crippen molar-refractivity contribution in [2.24, 2.45) is 0 Å². The average molecular weight is 210 g/mol. The third kappa shape index (κ3) is 2.65. The number of hydrogen-bond donors (Lipinski definition) is 0. The van der Waals surface area contributed by atoms with E-state index in [1.165, 1.54) is 16.8 Å². The fraction of sp³-hybridized carbons (Fsp3) is 0.500. The van der Waals surface area contributed by atoms with Gasteiger partial charge in [0, 0.05) is 18.2 Å². The second-order valence-corrected chi connectivity index (χ2v) is 3.49. The third-order valence-electron chi connectivity index (χ3n) is 2.21. The lowest BCUT2D eigenvalue weighted by Gasteiger charge is -2.05. The van der Waals surface area contributed by atoms with Gasteiger partial charge in [0.1, 0.15) is 0 Å². The SMILES string of the molecule is CCCCn1cc([N+](=O)[O-])cc(C)c1=O. The van der Waals surface area contributed by atoms with Gasteiger partial charge in [-0.2, -0.15) is 0 Å². The van der Waals surface area contributed by atoms with Crippen LogP contribution in [0.3, 0.4) is 0 Å². The van der Waals surface area contributed by atoms with Gasteiger partial charge < -0.3 is 4.57 Å². The highest BCUT2D eigenvalue weighted by molar-refractivity contribution is 5.30. The molecule has 1 rings (SSSR count). The molecule has 0 fully saturated rings. The van der Waals surface area contributed by atoms with E-state index in [1.54, 1.807) is 6.92 Å². The van der Waals surface area contributed by atoms with E-state index in [2.05, 4.69) is 0 Å². The van der Waals surface area contributed by atoms with Crippen molar-refractivity contribution in [2.45, 2.75) is 33.2 Å². The summed E-state index contributed by atoms with van der Waals surface area (Å²) in [7, 11) is 0. The largest absolute Gasteiger partial charge is 0.309 e. The number of aromatic nitrogens is 1. The maximum absolute atomic E-state index is 11.6. The van der Waals surface area contributed by atoms with Gasteiger partial charge in [-0.05, 0) is 13.3 Å². The van der Waals surface area contributed by atoms with Crippen molar-refractivity contribution in [3.8, 4) is 0 Å². The maximum atomic E-state index is 11.6. The van der Waals surface area contributed by atoms with Crippen molar-refractivity contribution >= 4 is 5.69 Å². The van der Waals surface area contributed by atoms with E-state index >= 15 is 0 Å². The first kappa shape index (κ1) is 11.4. The molecule has 1 aromatic heterocycles. The number of rotatable bonds is 4. The van der Waals surface area contributed by atoms with Gasteiger partial charge in [-0.1, -0.05) is 13.3 Å². The van der Waals surface area contributed by atoms with Gasteiger partial charge in [-0.15, -0.1) is 0 Å². The quantitative estimate of drug-likeness (QED) is 0.562. The monoisotopic (exact) mass is 210 g/mol. The van der Waals surface area contributed by atoms with E-state index in [-0.39, 0.29) is 11.2 Å². The molecule has 1 heterocycles. The Bertz CT molecular complexity index is 423. The predicted molar refractivity (Wildman–Crippen MR) is 57.0 cm³/mol. The minimum absolute atomic E-state index is 0.0248. The highest BCUT2D eigenvalue weighted by atomic mass is 16.6. The zero-order chi connectivity index (χ0) is 11.4. The summed E-state index contributed by atoms with van der Waals surface area (Å²) in [6, 6.07) is 1.31. The smallest absolute Gasteiger partial charge is 0.286 e. The van der Waals surface area contributed by atoms with Crippen molar-refractivity contribution < 1.29 is 4.92 Å². The molecule has 0 aliphatic heterocycles. The Balaban J connectivity index is 3.13. The molecule has 0 aromatic carbocycles. The van der Waals surface area contributed by atoms with E-state index in [0.29, 0.717) is 12.1 Å². The molecule has 0 aliphatic rings. The Morgan fingerprint density at radius 3 is 2.73 bits per heavy atom. The van der Waals surface area contributed by atoms with Crippen molar-refractivity contribution in [2.75, 3.05) is 0 Å². The van der Waals surface area contributed by atoms with Crippen LogP contribution < -0.4 is 5.56 Å².